The smallest absolute Gasteiger partial charge is 0.192 e. The van der Waals surface area contributed by atoms with Crippen molar-refractivity contribution in [3.05, 3.63) is 24.3 Å². The second kappa shape index (κ2) is 13.7. The van der Waals surface area contributed by atoms with E-state index in [0.717, 1.165) is 25.7 Å². The van der Waals surface area contributed by atoms with Crippen molar-refractivity contribution in [2.45, 2.75) is 134 Å². The lowest BCUT2D eigenvalue weighted by atomic mass is 10.1. The molecule has 5 heteroatoms. The summed E-state index contributed by atoms with van der Waals surface area (Å²) in [7, 11) is -3.30. The Kier molecular flexibility index (Phi) is 12.8. The Balaban J connectivity index is 3.12. The first-order chi connectivity index (χ1) is 14.9. The molecule has 0 saturated carbocycles. The van der Waals surface area contributed by atoms with E-state index in [-0.39, 0.29) is 23.4 Å². The Hall–Kier alpha value is -0.126. The fourth-order valence-electron chi connectivity index (χ4n) is 3.87. The Morgan fingerprint density at radius 3 is 2.16 bits per heavy atom. The van der Waals surface area contributed by atoms with Crippen molar-refractivity contribution in [3.63, 3.8) is 0 Å². The number of ether oxygens (including phenoxy) is 1. The summed E-state index contributed by atoms with van der Waals surface area (Å²) < 4.78 is 13.7. The molecule has 1 aliphatic rings. The van der Waals surface area contributed by atoms with E-state index in [1.54, 1.807) is 0 Å². The average Bonchev–Trinajstić information content (AvgIpc) is 2.80. The molecule has 1 aliphatic heterocycles. The van der Waals surface area contributed by atoms with E-state index in [4.69, 9.17) is 9.16 Å². The van der Waals surface area contributed by atoms with Gasteiger partial charge in [0.15, 0.2) is 8.32 Å². The third kappa shape index (κ3) is 8.91. The van der Waals surface area contributed by atoms with Crippen molar-refractivity contribution < 1.29 is 9.16 Å². The summed E-state index contributed by atoms with van der Waals surface area (Å²) in [4.78, 5) is 0.340. The molecule has 2 nitrogen and oxygen atoms in total. The molecule has 184 valence electrons. The summed E-state index contributed by atoms with van der Waals surface area (Å²) in [6.07, 6.45) is 12.9. The minimum atomic E-state index is -1.90. The molecule has 1 heterocycles. The molecule has 32 heavy (non-hydrogen) atoms. The number of allylic oxidation sites excluding steroid dienone is 2. The van der Waals surface area contributed by atoms with Crippen LogP contribution >= 0.6 is 15.9 Å². The Morgan fingerprint density at radius 2 is 1.62 bits per heavy atom. The predicted octanol–water partition coefficient (Wildman–Crippen LogP) is 8.65. The minimum absolute atomic E-state index is 0.0421. The highest BCUT2D eigenvalue weighted by molar-refractivity contribution is 9.09. The van der Waals surface area contributed by atoms with Gasteiger partial charge in [0.25, 0.3) is 0 Å². The van der Waals surface area contributed by atoms with Gasteiger partial charge in [-0.15, -0.1) is 5.54 Å². The molecular formula is C27H49BrO2Si2. The van der Waals surface area contributed by atoms with E-state index >= 15 is 0 Å². The van der Waals surface area contributed by atoms with Gasteiger partial charge in [0, 0.05) is 4.83 Å². The molecule has 0 amide bonds. The molecule has 0 saturated heterocycles. The van der Waals surface area contributed by atoms with Crippen molar-refractivity contribution in [2.75, 3.05) is 0 Å². The normalized spacial score (nSPS) is 26.7. The van der Waals surface area contributed by atoms with Gasteiger partial charge in [-0.3, -0.25) is 0 Å². The SMILES string of the molecule is CC[C@@H]1O[C@@H](C/C=C\C#C[Si](CC)(CC)CC)[C@H](O[Si](C)(C)C(C)(C)C)C/C=C\C[C@@H]1Br. The Morgan fingerprint density at radius 1 is 1.03 bits per heavy atom. The van der Waals surface area contributed by atoms with Crippen molar-refractivity contribution >= 4 is 32.3 Å². The number of rotatable bonds is 8. The van der Waals surface area contributed by atoms with Gasteiger partial charge in [-0.25, -0.2) is 0 Å². The molecule has 0 aromatic heterocycles. The maximum Gasteiger partial charge on any atom is 0.192 e. The van der Waals surface area contributed by atoms with Gasteiger partial charge in [-0.1, -0.05) is 88.5 Å². The molecule has 0 spiro atoms. The first-order valence-electron chi connectivity index (χ1n) is 12.7. The van der Waals surface area contributed by atoms with Gasteiger partial charge in [0.2, 0.25) is 0 Å². The van der Waals surface area contributed by atoms with Gasteiger partial charge >= 0.3 is 0 Å². The lowest BCUT2D eigenvalue weighted by molar-refractivity contribution is -0.0687. The van der Waals surface area contributed by atoms with Crippen molar-refractivity contribution in [1.29, 1.82) is 0 Å². The lowest BCUT2D eigenvalue weighted by Crippen LogP contribution is -2.48. The molecule has 0 aromatic carbocycles. The standard InChI is InChI=1S/C27H49BrO2Si2/c1-10-24-23(28)19-16-17-21-26(30-31(8,9)27(5,6)7)25(29-24)20-15-14-18-22-32(11-2,12-3)13-4/h14-17,23-26H,10-13,19-21H2,1-9H3/b15-14-,17-16-/t23-,24-,25-,26+/m0/s1. The van der Waals surface area contributed by atoms with E-state index in [1.165, 1.54) is 18.1 Å². The highest BCUT2D eigenvalue weighted by atomic mass is 79.9. The summed E-state index contributed by atoms with van der Waals surface area (Å²) >= 11 is 3.87. The van der Waals surface area contributed by atoms with Gasteiger partial charge in [-0.05, 0) is 68.0 Å². The van der Waals surface area contributed by atoms with Crippen LogP contribution in [0.4, 0.5) is 0 Å². The van der Waals surface area contributed by atoms with Crippen LogP contribution in [0.5, 0.6) is 0 Å². The van der Waals surface area contributed by atoms with Crippen LogP contribution in [0.1, 0.15) is 74.1 Å². The zero-order valence-electron chi connectivity index (χ0n) is 22.3. The predicted molar refractivity (Wildman–Crippen MR) is 151 cm³/mol. The third-order valence-electron chi connectivity index (χ3n) is 7.66. The average molecular weight is 542 g/mol. The Bertz CT molecular complexity index is 657. The van der Waals surface area contributed by atoms with Gasteiger partial charge in [0.05, 0.1) is 18.3 Å². The summed E-state index contributed by atoms with van der Waals surface area (Å²) in [6, 6.07) is 3.73. The van der Waals surface area contributed by atoms with Crippen LogP contribution in [0.25, 0.3) is 0 Å². The summed E-state index contributed by atoms with van der Waals surface area (Å²) in [5, 5.41) is 0.178. The van der Waals surface area contributed by atoms with Crippen LogP contribution in [-0.2, 0) is 9.16 Å². The van der Waals surface area contributed by atoms with Crippen LogP contribution in [0.15, 0.2) is 24.3 Å². The second-order valence-electron chi connectivity index (χ2n) is 10.7. The zero-order chi connectivity index (χ0) is 24.4. The topological polar surface area (TPSA) is 18.5 Å². The first kappa shape index (κ1) is 29.9. The largest absolute Gasteiger partial charge is 0.411 e. The third-order valence-corrected chi connectivity index (χ3v) is 17.9. The zero-order valence-corrected chi connectivity index (χ0v) is 25.8. The van der Waals surface area contributed by atoms with Gasteiger partial charge in [0.1, 0.15) is 8.07 Å². The number of hydrogen-bond acceptors (Lipinski definition) is 2. The number of hydrogen-bond donors (Lipinski definition) is 0. The maximum absolute atomic E-state index is 6.92. The molecule has 0 N–H and O–H groups in total. The van der Waals surface area contributed by atoms with E-state index in [9.17, 15) is 0 Å². The molecule has 0 fully saturated rings. The fraction of sp³-hybridized carbons (Fsp3) is 0.778. The quantitative estimate of drug-likeness (QED) is 0.132. The molecule has 0 bridgehead atoms. The first-order valence-corrected chi connectivity index (χ1v) is 19.2. The molecule has 1 rings (SSSR count). The molecule has 4 atom stereocenters. The fourth-order valence-corrected chi connectivity index (χ4v) is 8.36. The van der Waals surface area contributed by atoms with Crippen LogP contribution in [0.2, 0.25) is 36.3 Å². The molecule has 0 aromatic rings. The lowest BCUT2D eigenvalue weighted by Gasteiger charge is -2.41. The maximum atomic E-state index is 6.92. The van der Waals surface area contributed by atoms with Gasteiger partial charge < -0.3 is 9.16 Å². The molecule has 0 unspecified atom stereocenters. The molecule has 0 radical (unpaired) electrons. The molecular weight excluding hydrogens is 492 g/mol. The summed E-state index contributed by atoms with van der Waals surface area (Å²) in [5.41, 5.74) is 3.67. The minimum Gasteiger partial charge on any atom is -0.411 e. The van der Waals surface area contributed by atoms with Crippen LogP contribution in [-0.4, -0.2) is 39.5 Å². The van der Waals surface area contributed by atoms with Crippen LogP contribution < -0.4 is 0 Å². The van der Waals surface area contributed by atoms with Crippen LogP contribution in [0.3, 0.4) is 0 Å². The van der Waals surface area contributed by atoms with E-state index < -0.39 is 16.4 Å². The van der Waals surface area contributed by atoms with Crippen molar-refractivity contribution in [2.24, 2.45) is 0 Å². The van der Waals surface area contributed by atoms with E-state index in [0.29, 0.717) is 4.83 Å². The summed E-state index contributed by atoms with van der Waals surface area (Å²) in [6.45, 7) is 20.8. The highest BCUT2D eigenvalue weighted by Gasteiger charge is 2.41. The molecule has 0 aliphatic carbocycles. The second-order valence-corrected chi connectivity index (χ2v) is 21.6. The number of halogens is 1. The van der Waals surface area contributed by atoms with E-state index in [2.05, 4.69) is 113 Å². The van der Waals surface area contributed by atoms with Crippen LogP contribution in [0, 0.1) is 11.5 Å². The van der Waals surface area contributed by atoms with E-state index in [1.807, 2.05) is 0 Å². The highest BCUT2D eigenvalue weighted by Crippen LogP contribution is 2.39. The van der Waals surface area contributed by atoms with Crippen molar-refractivity contribution in [1.82, 2.24) is 0 Å². The Labute approximate surface area is 210 Å². The van der Waals surface area contributed by atoms with Crippen molar-refractivity contribution in [3.8, 4) is 11.5 Å². The monoisotopic (exact) mass is 540 g/mol. The van der Waals surface area contributed by atoms with Gasteiger partial charge in [-0.2, -0.15) is 0 Å². The summed E-state index contributed by atoms with van der Waals surface area (Å²) in [5.74, 6) is 3.40. The number of alkyl halides is 1.